The lowest BCUT2D eigenvalue weighted by Crippen LogP contribution is -2.15. The second-order valence-electron chi connectivity index (χ2n) is 7.19. The van der Waals surface area contributed by atoms with E-state index in [9.17, 15) is 4.79 Å². The Kier molecular flexibility index (Phi) is 6.28. The van der Waals surface area contributed by atoms with E-state index in [4.69, 9.17) is 9.47 Å². The maximum atomic E-state index is 11.7. The second kappa shape index (κ2) is 8.81. The molecule has 1 N–H and O–H groups in total. The lowest BCUT2D eigenvalue weighted by Gasteiger charge is -2.17. The fourth-order valence-corrected chi connectivity index (χ4v) is 6.38. The molecular weight excluding hydrogens is 542 g/mol. The molecule has 31 heavy (non-hydrogen) atoms. The molecule has 0 unspecified atom stereocenters. The molecule has 0 saturated heterocycles. The van der Waals surface area contributed by atoms with Crippen molar-refractivity contribution in [2.24, 2.45) is 0 Å². The summed E-state index contributed by atoms with van der Waals surface area (Å²) in [5.74, 6) is 0.299. The van der Waals surface area contributed by atoms with E-state index in [0.29, 0.717) is 5.75 Å². The third-order valence-electron chi connectivity index (χ3n) is 5.45. The number of halogens is 2. The molecule has 4 rings (SSSR count). The molecule has 0 aliphatic carbocycles. The summed E-state index contributed by atoms with van der Waals surface area (Å²) in [6, 6.07) is 12.5. The number of anilines is 1. The number of hydrogen-bond acceptors (Lipinski definition) is 5. The monoisotopic (exact) mass is 561 g/mol. The molecule has 4 nitrogen and oxygen atoms in total. The molecule has 0 aliphatic heterocycles. The van der Waals surface area contributed by atoms with Crippen molar-refractivity contribution in [2.75, 3.05) is 26.1 Å². The van der Waals surface area contributed by atoms with Gasteiger partial charge in [0.2, 0.25) is 0 Å². The van der Waals surface area contributed by atoms with Gasteiger partial charge in [-0.3, -0.25) is 4.79 Å². The van der Waals surface area contributed by atoms with Gasteiger partial charge >= 0.3 is 5.97 Å². The smallest absolute Gasteiger partial charge is 0.325 e. The quantitative estimate of drug-likeness (QED) is 0.256. The summed E-state index contributed by atoms with van der Waals surface area (Å²) in [5, 5.41) is 6.73. The molecule has 160 valence electrons. The molecule has 0 atom stereocenters. The first-order valence-corrected chi connectivity index (χ1v) is 12.1. The largest absolute Gasteiger partial charge is 0.493 e. The Morgan fingerprint density at radius 3 is 2.48 bits per heavy atom. The molecule has 7 heteroatoms. The Bertz CT molecular complexity index is 1330. The van der Waals surface area contributed by atoms with Gasteiger partial charge in [-0.05, 0) is 85.3 Å². The maximum Gasteiger partial charge on any atom is 0.325 e. The summed E-state index contributed by atoms with van der Waals surface area (Å²) in [6.07, 6.45) is 0. The Balaban J connectivity index is 2.05. The van der Waals surface area contributed by atoms with Crippen molar-refractivity contribution >= 4 is 75.7 Å². The molecule has 0 radical (unpaired) electrons. The van der Waals surface area contributed by atoms with E-state index in [-0.39, 0.29) is 12.5 Å². The van der Waals surface area contributed by atoms with E-state index >= 15 is 0 Å². The number of fused-ring (bicyclic) bond motifs is 2. The van der Waals surface area contributed by atoms with Crippen molar-refractivity contribution in [1.29, 1.82) is 0 Å². The van der Waals surface area contributed by atoms with Crippen LogP contribution >= 0.6 is 43.2 Å². The van der Waals surface area contributed by atoms with Crippen molar-refractivity contribution < 1.29 is 14.3 Å². The summed E-state index contributed by atoms with van der Waals surface area (Å²) < 4.78 is 13.5. The lowest BCUT2D eigenvalue weighted by atomic mass is 9.92. The number of ether oxygens (including phenoxy) is 2. The first kappa shape index (κ1) is 22.1. The van der Waals surface area contributed by atoms with Crippen LogP contribution in [0.1, 0.15) is 10.4 Å². The van der Waals surface area contributed by atoms with Gasteiger partial charge in [0.25, 0.3) is 0 Å². The molecule has 4 aromatic rings. The summed E-state index contributed by atoms with van der Waals surface area (Å²) in [7, 11) is 2.99. The number of carbonyl (C=O) groups is 1. The van der Waals surface area contributed by atoms with E-state index < -0.39 is 0 Å². The van der Waals surface area contributed by atoms with E-state index in [0.717, 1.165) is 20.2 Å². The van der Waals surface area contributed by atoms with Crippen LogP contribution in [0.15, 0.2) is 45.3 Å². The maximum absolute atomic E-state index is 11.7. The standard InChI is InChI=1S/C24H21Br2NO3S/c1-12-13(2)31-24-20(12)21(15-7-5-6-8-16(15)22(24)26)14-9-17(25)23(30-4)18(10-14)27-11-19(28)29-3/h5-10,27H,11H2,1-4H3. The van der Waals surface area contributed by atoms with Crippen LogP contribution in [0.4, 0.5) is 5.69 Å². The van der Waals surface area contributed by atoms with Gasteiger partial charge in [0, 0.05) is 14.7 Å². The number of nitrogens with one attached hydrogen (secondary N) is 1. The number of methoxy groups -OCH3 is 2. The molecular formula is C24H21Br2NO3S. The lowest BCUT2D eigenvalue weighted by molar-refractivity contribution is -0.138. The number of esters is 1. The minimum Gasteiger partial charge on any atom is -0.493 e. The minimum absolute atomic E-state index is 0.0514. The molecule has 0 aliphatic rings. The molecule has 1 aromatic heterocycles. The fraction of sp³-hybridized carbons (Fsp3) is 0.208. The number of rotatable bonds is 5. The zero-order valence-electron chi connectivity index (χ0n) is 17.6. The SMILES string of the molecule is COC(=O)CNc1cc(-c2c3ccccc3c(Br)c3sc(C)c(C)c23)cc(Br)c1OC. The van der Waals surface area contributed by atoms with E-state index in [2.05, 4.69) is 81.4 Å². The minimum atomic E-state index is -0.343. The zero-order chi connectivity index (χ0) is 22.3. The number of carbonyl (C=O) groups excluding carboxylic acids is 1. The van der Waals surface area contributed by atoms with Crippen LogP contribution in [-0.2, 0) is 9.53 Å². The Hall–Kier alpha value is -2.09. The van der Waals surface area contributed by atoms with Crippen molar-refractivity contribution in [3.8, 4) is 16.9 Å². The topological polar surface area (TPSA) is 47.6 Å². The molecule has 0 saturated carbocycles. The van der Waals surface area contributed by atoms with Crippen molar-refractivity contribution in [3.63, 3.8) is 0 Å². The predicted octanol–water partition coefficient (Wildman–Crippen LogP) is 7.46. The van der Waals surface area contributed by atoms with E-state index in [1.54, 1.807) is 18.4 Å². The van der Waals surface area contributed by atoms with Crippen LogP contribution in [-0.4, -0.2) is 26.7 Å². The highest BCUT2D eigenvalue weighted by atomic mass is 79.9. The van der Waals surface area contributed by atoms with Gasteiger partial charge in [-0.1, -0.05) is 24.3 Å². The van der Waals surface area contributed by atoms with Crippen LogP contribution in [0, 0.1) is 13.8 Å². The predicted molar refractivity (Wildman–Crippen MR) is 137 cm³/mol. The third kappa shape index (κ3) is 3.83. The van der Waals surface area contributed by atoms with Gasteiger partial charge in [0.05, 0.1) is 29.1 Å². The molecule has 0 bridgehead atoms. The van der Waals surface area contributed by atoms with Crippen molar-refractivity contribution in [2.45, 2.75) is 13.8 Å². The Morgan fingerprint density at radius 1 is 1.10 bits per heavy atom. The van der Waals surface area contributed by atoms with Gasteiger partial charge in [0.1, 0.15) is 6.54 Å². The van der Waals surface area contributed by atoms with Gasteiger partial charge in [-0.25, -0.2) is 0 Å². The summed E-state index contributed by atoms with van der Waals surface area (Å²) in [5.41, 5.74) is 4.20. The molecule has 1 heterocycles. The van der Waals surface area contributed by atoms with Crippen LogP contribution in [0.2, 0.25) is 0 Å². The normalized spacial score (nSPS) is 11.2. The first-order chi connectivity index (χ1) is 14.9. The molecule has 3 aromatic carbocycles. The zero-order valence-corrected chi connectivity index (χ0v) is 21.5. The Morgan fingerprint density at radius 2 is 1.81 bits per heavy atom. The van der Waals surface area contributed by atoms with Crippen LogP contribution in [0.25, 0.3) is 32.0 Å². The number of thiophene rings is 1. The first-order valence-electron chi connectivity index (χ1n) is 9.65. The van der Waals surface area contributed by atoms with Gasteiger partial charge in [-0.15, -0.1) is 11.3 Å². The highest BCUT2D eigenvalue weighted by Crippen LogP contribution is 2.48. The third-order valence-corrected chi connectivity index (χ3v) is 8.35. The highest BCUT2D eigenvalue weighted by molar-refractivity contribution is 9.11. The molecule has 0 fully saturated rings. The van der Waals surface area contributed by atoms with Crippen LogP contribution in [0.3, 0.4) is 0 Å². The van der Waals surface area contributed by atoms with Crippen molar-refractivity contribution in [3.05, 3.63) is 55.8 Å². The Labute approximate surface area is 201 Å². The number of aryl methyl sites for hydroxylation is 2. The number of hydrogen-bond donors (Lipinski definition) is 1. The van der Waals surface area contributed by atoms with Crippen LogP contribution in [0.5, 0.6) is 5.75 Å². The fourth-order valence-electron chi connectivity index (χ4n) is 3.85. The second-order valence-corrected chi connectivity index (χ2v) is 10.1. The van der Waals surface area contributed by atoms with Gasteiger partial charge in [0.15, 0.2) is 5.75 Å². The highest BCUT2D eigenvalue weighted by Gasteiger charge is 2.21. The summed E-state index contributed by atoms with van der Waals surface area (Å²) in [4.78, 5) is 13.0. The van der Waals surface area contributed by atoms with E-state index in [1.165, 1.54) is 44.0 Å². The number of benzene rings is 3. The average Bonchev–Trinajstić information content (AvgIpc) is 3.07. The van der Waals surface area contributed by atoms with E-state index in [1.807, 2.05) is 6.07 Å². The van der Waals surface area contributed by atoms with Gasteiger partial charge in [-0.2, -0.15) is 0 Å². The van der Waals surface area contributed by atoms with Crippen LogP contribution < -0.4 is 10.1 Å². The summed E-state index contributed by atoms with van der Waals surface area (Å²) in [6.45, 7) is 4.39. The molecule has 0 amide bonds. The summed E-state index contributed by atoms with van der Waals surface area (Å²) >= 11 is 9.31. The average molecular weight is 563 g/mol. The molecule has 0 spiro atoms. The van der Waals surface area contributed by atoms with Gasteiger partial charge < -0.3 is 14.8 Å². The van der Waals surface area contributed by atoms with Crippen molar-refractivity contribution in [1.82, 2.24) is 0 Å².